The second-order valence-electron chi connectivity index (χ2n) is 5.41. The molecule has 0 radical (unpaired) electrons. The maximum atomic E-state index is 12.0. The van der Waals surface area contributed by atoms with Crippen molar-refractivity contribution in [2.45, 2.75) is 31.8 Å². The van der Waals surface area contributed by atoms with Crippen LogP contribution in [0.1, 0.15) is 26.2 Å². The summed E-state index contributed by atoms with van der Waals surface area (Å²) in [5.74, 6) is 0.470. The maximum absolute atomic E-state index is 12.0. The SMILES string of the molecule is CCOC[C@@H]1CCC[C@@]12CN(C(=O)COC)CCO2. The van der Waals surface area contributed by atoms with E-state index in [-0.39, 0.29) is 18.1 Å². The molecule has 0 aromatic rings. The number of nitrogens with zero attached hydrogens (tertiary/aromatic N) is 1. The van der Waals surface area contributed by atoms with Crippen molar-refractivity contribution in [1.82, 2.24) is 4.90 Å². The fraction of sp³-hybridized carbons (Fsp3) is 0.929. The molecule has 1 aliphatic carbocycles. The molecule has 19 heavy (non-hydrogen) atoms. The van der Waals surface area contributed by atoms with Crippen molar-refractivity contribution in [2.75, 3.05) is 46.6 Å². The number of carbonyl (C=O) groups excluding carboxylic acids is 1. The zero-order valence-electron chi connectivity index (χ0n) is 12.0. The smallest absolute Gasteiger partial charge is 0.248 e. The minimum Gasteiger partial charge on any atom is -0.381 e. The third-order valence-electron chi connectivity index (χ3n) is 4.25. The Morgan fingerprint density at radius 3 is 3.11 bits per heavy atom. The average Bonchev–Trinajstić information content (AvgIpc) is 2.79. The fourth-order valence-electron chi connectivity index (χ4n) is 3.24. The van der Waals surface area contributed by atoms with Crippen molar-refractivity contribution in [3.05, 3.63) is 0 Å². The number of hydrogen-bond acceptors (Lipinski definition) is 4. The average molecular weight is 271 g/mol. The lowest BCUT2D eigenvalue weighted by atomic mass is 9.89. The van der Waals surface area contributed by atoms with Gasteiger partial charge in [0.2, 0.25) is 5.91 Å². The van der Waals surface area contributed by atoms with E-state index >= 15 is 0 Å². The van der Waals surface area contributed by atoms with Gasteiger partial charge in [-0.3, -0.25) is 4.79 Å². The summed E-state index contributed by atoms with van der Waals surface area (Å²) in [7, 11) is 1.56. The van der Waals surface area contributed by atoms with Crippen LogP contribution in [0.15, 0.2) is 0 Å². The minimum absolute atomic E-state index is 0.0623. The Hall–Kier alpha value is -0.650. The Bertz CT molecular complexity index is 310. The first-order valence-corrected chi connectivity index (χ1v) is 7.20. The Morgan fingerprint density at radius 1 is 1.53 bits per heavy atom. The number of amides is 1. The largest absolute Gasteiger partial charge is 0.381 e. The lowest BCUT2D eigenvalue weighted by molar-refractivity contribution is -0.164. The monoisotopic (exact) mass is 271 g/mol. The highest BCUT2D eigenvalue weighted by Crippen LogP contribution is 2.41. The van der Waals surface area contributed by atoms with Crippen LogP contribution in [0.2, 0.25) is 0 Å². The van der Waals surface area contributed by atoms with E-state index in [2.05, 4.69) is 0 Å². The second-order valence-corrected chi connectivity index (χ2v) is 5.41. The molecule has 5 heteroatoms. The van der Waals surface area contributed by atoms with E-state index < -0.39 is 0 Å². The van der Waals surface area contributed by atoms with Gasteiger partial charge < -0.3 is 19.1 Å². The highest BCUT2D eigenvalue weighted by molar-refractivity contribution is 5.77. The highest BCUT2D eigenvalue weighted by atomic mass is 16.5. The van der Waals surface area contributed by atoms with Crippen LogP contribution in [0.4, 0.5) is 0 Å². The third-order valence-corrected chi connectivity index (χ3v) is 4.25. The van der Waals surface area contributed by atoms with Crippen LogP contribution < -0.4 is 0 Å². The van der Waals surface area contributed by atoms with Gasteiger partial charge in [0, 0.05) is 26.2 Å². The van der Waals surface area contributed by atoms with E-state index in [0.717, 1.165) is 32.5 Å². The molecule has 1 saturated carbocycles. The number of rotatable bonds is 5. The van der Waals surface area contributed by atoms with Gasteiger partial charge in [-0.2, -0.15) is 0 Å². The summed E-state index contributed by atoms with van der Waals surface area (Å²) in [6.45, 7) is 5.63. The van der Waals surface area contributed by atoms with E-state index in [1.165, 1.54) is 0 Å². The van der Waals surface area contributed by atoms with Crippen LogP contribution in [-0.2, 0) is 19.0 Å². The van der Waals surface area contributed by atoms with Gasteiger partial charge in [-0.15, -0.1) is 0 Å². The summed E-state index contributed by atoms with van der Waals surface area (Å²) in [6.07, 6.45) is 3.32. The highest BCUT2D eigenvalue weighted by Gasteiger charge is 2.47. The summed E-state index contributed by atoms with van der Waals surface area (Å²) in [4.78, 5) is 13.9. The number of methoxy groups -OCH3 is 1. The molecule has 1 aliphatic heterocycles. The standard InChI is InChI=1S/C14H25NO4/c1-3-18-9-12-5-4-6-14(12)11-15(7-8-19-14)13(16)10-17-2/h12H,3-11H2,1-2H3/t12-,14+/m0/s1. The first kappa shape index (κ1) is 14.8. The Kier molecular flexibility index (Phi) is 5.19. The van der Waals surface area contributed by atoms with Crippen LogP contribution in [0.3, 0.4) is 0 Å². The zero-order chi connectivity index (χ0) is 13.7. The van der Waals surface area contributed by atoms with E-state index in [9.17, 15) is 4.79 Å². The summed E-state index contributed by atoms with van der Waals surface area (Å²) in [6, 6.07) is 0. The Balaban J connectivity index is 1.99. The maximum Gasteiger partial charge on any atom is 0.248 e. The van der Waals surface area contributed by atoms with E-state index in [1.54, 1.807) is 7.11 Å². The van der Waals surface area contributed by atoms with Gasteiger partial charge in [0.1, 0.15) is 6.61 Å². The molecular formula is C14H25NO4. The van der Waals surface area contributed by atoms with Crippen LogP contribution >= 0.6 is 0 Å². The van der Waals surface area contributed by atoms with E-state index in [1.807, 2.05) is 11.8 Å². The normalized spacial score (nSPS) is 31.1. The minimum atomic E-state index is -0.184. The summed E-state index contributed by atoms with van der Waals surface area (Å²) in [5, 5.41) is 0. The molecule has 110 valence electrons. The predicted octanol–water partition coefficient (Wildman–Crippen LogP) is 1.07. The van der Waals surface area contributed by atoms with Crippen molar-refractivity contribution >= 4 is 5.91 Å². The van der Waals surface area contributed by atoms with E-state index in [4.69, 9.17) is 14.2 Å². The second kappa shape index (κ2) is 6.68. The first-order valence-electron chi connectivity index (χ1n) is 7.20. The van der Waals surface area contributed by atoms with Crippen molar-refractivity contribution in [2.24, 2.45) is 5.92 Å². The molecule has 1 amide bonds. The van der Waals surface area contributed by atoms with Crippen molar-refractivity contribution in [3.63, 3.8) is 0 Å². The molecule has 2 aliphatic rings. The molecule has 2 fully saturated rings. The molecule has 1 heterocycles. The summed E-state index contributed by atoms with van der Waals surface area (Å²) >= 11 is 0. The molecule has 0 aromatic carbocycles. The van der Waals surface area contributed by atoms with Gasteiger partial charge in [0.25, 0.3) is 0 Å². The zero-order valence-corrected chi connectivity index (χ0v) is 12.0. The number of carbonyl (C=O) groups is 1. The van der Waals surface area contributed by atoms with Crippen molar-refractivity contribution < 1.29 is 19.0 Å². The van der Waals surface area contributed by atoms with Crippen molar-refractivity contribution in [3.8, 4) is 0 Å². The molecule has 5 nitrogen and oxygen atoms in total. The van der Waals surface area contributed by atoms with E-state index in [0.29, 0.717) is 25.6 Å². The lowest BCUT2D eigenvalue weighted by Crippen LogP contribution is -2.56. The van der Waals surface area contributed by atoms with Gasteiger partial charge in [-0.1, -0.05) is 6.42 Å². The topological polar surface area (TPSA) is 48.0 Å². The van der Waals surface area contributed by atoms with Crippen LogP contribution in [0.5, 0.6) is 0 Å². The Labute approximate surface area is 115 Å². The third kappa shape index (κ3) is 3.27. The molecule has 0 N–H and O–H groups in total. The van der Waals surface area contributed by atoms with Gasteiger partial charge >= 0.3 is 0 Å². The molecule has 0 aromatic heterocycles. The Morgan fingerprint density at radius 2 is 2.37 bits per heavy atom. The molecule has 0 unspecified atom stereocenters. The molecule has 1 spiro atoms. The molecule has 1 saturated heterocycles. The van der Waals surface area contributed by atoms with Crippen molar-refractivity contribution in [1.29, 1.82) is 0 Å². The molecule has 2 atom stereocenters. The fourth-order valence-corrected chi connectivity index (χ4v) is 3.24. The summed E-state index contributed by atoms with van der Waals surface area (Å²) in [5.41, 5.74) is -0.184. The summed E-state index contributed by atoms with van der Waals surface area (Å²) < 4.78 is 16.6. The van der Waals surface area contributed by atoms with Gasteiger partial charge in [0.15, 0.2) is 0 Å². The van der Waals surface area contributed by atoms with Crippen LogP contribution in [0.25, 0.3) is 0 Å². The molecule has 0 bridgehead atoms. The quantitative estimate of drug-likeness (QED) is 0.750. The van der Waals surface area contributed by atoms with Gasteiger partial charge in [-0.25, -0.2) is 0 Å². The predicted molar refractivity (Wildman–Crippen MR) is 71.0 cm³/mol. The van der Waals surface area contributed by atoms with Gasteiger partial charge in [-0.05, 0) is 19.8 Å². The molecular weight excluding hydrogens is 246 g/mol. The number of morpholine rings is 1. The van der Waals surface area contributed by atoms with Gasteiger partial charge in [0.05, 0.1) is 25.4 Å². The van der Waals surface area contributed by atoms with Crippen LogP contribution in [0, 0.1) is 5.92 Å². The number of hydrogen-bond donors (Lipinski definition) is 0. The molecule has 2 rings (SSSR count). The lowest BCUT2D eigenvalue weighted by Gasteiger charge is -2.44. The number of ether oxygens (including phenoxy) is 3. The van der Waals surface area contributed by atoms with Crippen LogP contribution in [-0.4, -0.2) is 63.0 Å². The first-order chi connectivity index (χ1) is 9.22.